The van der Waals surface area contributed by atoms with Gasteiger partial charge in [0, 0.05) is 25.2 Å². The van der Waals surface area contributed by atoms with Gasteiger partial charge in [0.05, 0.1) is 12.0 Å². The summed E-state index contributed by atoms with van der Waals surface area (Å²) in [7, 11) is 0. The molecule has 4 heteroatoms. The molecule has 1 aliphatic rings. The fourth-order valence-electron chi connectivity index (χ4n) is 2.74. The molecular weight excluding hydrogens is 262 g/mol. The highest BCUT2D eigenvalue weighted by molar-refractivity contribution is 5.92. The Balaban J connectivity index is 1.93. The summed E-state index contributed by atoms with van der Waals surface area (Å²) in [4.78, 5) is 14.6. The third kappa shape index (κ3) is 4.30. The highest BCUT2D eigenvalue weighted by Crippen LogP contribution is 2.20. The number of hydrogen-bond acceptors (Lipinski definition) is 3. The number of benzene rings is 1. The van der Waals surface area contributed by atoms with Gasteiger partial charge in [0.2, 0.25) is 5.91 Å². The zero-order valence-corrected chi connectivity index (χ0v) is 12.9. The van der Waals surface area contributed by atoms with Crippen LogP contribution in [0.5, 0.6) is 0 Å². The van der Waals surface area contributed by atoms with Crippen molar-refractivity contribution in [3.05, 3.63) is 29.3 Å². The molecule has 1 atom stereocenters. The van der Waals surface area contributed by atoms with Crippen LogP contribution in [0.3, 0.4) is 0 Å². The molecule has 1 aliphatic heterocycles. The van der Waals surface area contributed by atoms with Gasteiger partial charge >= 0.3 is 0 Å². The Morgan fingerprint density at radius 1 is 1.43 bits per heavy atom. The smallest absolute Gasteiger partial charge is 0.228 e. The minimum absolute atomic E-state index is 0.0269. The van der Waals surface area contributed by atoms with Crippen LogP contribution < -0.4 is 5.32 Å². The lowest BCUT2D eigenvalue weighted by Gasteiger charge is -2.31. The van der Waals surface area contributed by atoms with Gasteiger partial charge in [0.15, 0.2) is 0 Å². The number of likely N-dealkylation sites (tertiary alicyclic amines) is 1. The maximum absolute atomic E-state index is 12.4. The fraction of sp³-hybridized carbons (Fsp3) is 0.529. The van der Waals surface area contributed by atoms with Crippen molar-refractivity contribution in [2.45, 2.75) is 33.1 Å². The van der Waals surface area contributed by atoms with E-state index in [0.717, 1.165) is 38.2 Å². The second-order valence-corrected chi connectivity index (χ2v) is 5.84. The number of anilines is 1. The number of carbonyl (C=O) groups is 1. The Morgan fingerprint density at radius 2 is 2.24 bits per heavy atom. The molecule has 1 N–H and O–H groups in total. The van der Waals surface area contributed by atoms with Crippen LogP contribution >= 0.6 is 0 Å². The van der Waals surface area contributed by atoms with Gasteiger partial charge < -0.3 is 10.2 Å². The monoisotopic (exact) mass is 285 g/mol. The van der Waals surface area contributed by atoms with E-state index >= 15 is 0 Å². The number of nitriles is 1. The Hall–Kier alpha value is -1.86. The van der Waals surface area contributed by atoms with Crippen molar-refractivity contribution in [2.24, 2.45) is 5.92 Å². The van der Waals surface area contributed by atoms with Gasteiger partial charge in [0.1, 0.15) is 0 Å². The quantitative estimate of drug-likeness (QED) is 0.925. The second kappa shape index (κ2) is 7.24. The van der Waals surface area contributed by atoms with Crippen LogP contribution in [0.4, 0.5) is 5.69 Å². The molecule has 1 amide bonds. The maximum Gasteiger partial charge on any atom is 0.228 e. The van der Waals surface area contributed by atoms with Crippen LogP contribution in [-0.4, -0.2) is 30.4 Å². The summed E-state index contributed by atoms with van der Waals surface area (Å²) in [5.74, 6) is 0.124. The molecule has 1 aromatic rings. The van der Waals surface area contributed by atoms with Crippen LogP contribution in [-0.2, 0) is 4.79 Å². The summed E-state index contributed by atoms with van der Waals surface area (Å²) in [5.41, 5.74) is 3.29. The molecule has 0 radical (unpaired) electrons. The molecule has 0 aliphatic carbocycles. The second-order valence-electron chi connectivity index (χ2n) is 5.84. The predicted molar refractivity (Wildman–Crippen MR) is 83.9 cm³/mol. The molecule has 0 bridgehead atoms. The number of nitrogens with one attached hydrogen (secondary N) is 1. The molecular formula is C17H23N3O. The van der Waals surface area contributed by atoms with Crippen molar-refractivity contribution >= 4 is 11.6 Å². The molecule has 21 heavy (non-hydrogen) atoms. The zero-order chi connectivity index (χ0) is 15.2. The largest absolute Gasteiger partial charge is 0.326 e. The minimum atomic E-state index is 0.0269. The Labute approximate surface area is 126 Å². The third-order valence-corrected chi connectivity index (χ3v) is 4.19. The summed E-state index contributed by atoms with van der Waals surface area (Å²) in [6, 6.07) is 8.17. The van der Waals surface area contributed by atoms with E-state index in [1.165, 1.54) is 11.1 Å². The van der Waals surface area contributed by atoms with E-state index in [9.17, 15) is 4.79 Å². The van der Waals surface area contributed by atoms with Gasteiger partial charge in [-0.25, -0.2) is 0 Å². The van der Waals surface area contributed by atoms with Crippen molar-refractivity contribution in [3.8, 4) is 6.07 Å². The van der Waals surface area contributed by atoms with Gasteiger partial charge in [-0.2, -0.15) is 5.26 Å². The summed E-state index contributed by atoms with van der Waals surface area (Å²) < 4.78 is 0. The van der Waals surface area contributed by atoms with E-state index in [4.69, 9.17) is 5.26 Å². The molecule has 1 saturated heterocycles. The molecule has 4 nitrogen and oxygen atoms in total. The van der Waals surface area contributed by atoms with E-state index in [1.807, 2.05) is 18.2 Å². The summed E-state index contributed by atoms with van der Waals surface area (Å²) in [5, 5.41) is 11.7. The van der Waals surface area contributed by atoms with Gasteiger partial charge in [-0.1, -0.05) is 6.07 Å². The van der Waals surface area contributed by atoms with Gasteiger partial charge in [0.25, 0.3) is 0 Å². The maximum atomic E-state index is 12.4. The third-order valence-electron chi connectivity index (χ3n) is 4.19. The Morgan fingerprint density at radius 3 is 2.95 bits per heavy atom. The van der Waals surface area contributed by atoms with E-state index in [0.29, 0.717) is 6.42 Å². The number of amides is 1. The number of nitrogens with zero attached hydrogens (tertiary/aromatic N) is 2. The molecule has 1 fully saturated rings. The fourth-order valence-corrected chi connectivity index (χ4v) is 2.74. The van der Waals surface area contributed by atoms with Gasteiger partial charge in [-0.15, -0.1) is 0 Å². The van der Waals surface area contributed by atoms with Crippen molar-refractivity contribution in [2.75, 3.05) is 25.0 Å². The number of rotatable bonds is 4. The van der Waals surface area contributed by atoms with E-state index < -0.39 is 0 Å². The number of piperidine rings is 1. The highest BCUT2D eigenvalue weighted by atomic mass is 16.1. The molecule has 1 unspecified atom stereocenters. The van der Waals surface area contributed by atoms with E-state index in [2.05, 4.69) is 30.1 Å². The van der Waals surface area contributed by atoms with Gasteiger partial charge in [-0.3, -0.25) is 4.79 Å². The van der Waals surface area contributed by atoms with Crippen LogP contribution in [0.15, 0.2) is 18.2 Å². The first-order valence-corrected chi connectivity index (χ1v) is 7.57. The molecule has 1 aromatic carbocycles. The lowest BCUT2D eigenvalue weighted by molar-refractivity contribution is -0.121. The van der Waals surface area contributed by atoms with Crippen molar-refractivity contribution < 1.29 is 4.79 Å². The summed E-state index contributed by atoms with van der Waals surface area (Å²) in [6.45, 7) is 6.64. The van der Waals surface area contributed by atoms with Crippen molar-refractivity contribution in [1.29, 1.82) is 5.26 Å². The SMILES string of the molecule is Cc1ccc(NC(=O)C2CCCN(CCC#N)C2)cc1C. The van der Waals surface area contributed by atoms with E-state index in [-0.39, 0.29) is 11.8 Å². The summed E-state index contributed by atoms with van der Waals surface area (Å²) in [6.07, 6.45) is 2.49. The van der Waals surface area contributed by atoms with Crippen molar-refractivity contribution in [3.63, 3.8) is 0 Å². The first-order valence-electron chi connectivity index (χ1n) is 7.57. The van der Waals surface area contributed by atoms with Crippen LogP contribution in [0.2, 0.25) is 0 Å². The van der Waals surface area contributed by atoms with Gasteiger partial charge in [-0.05, 0) is 56.5 Å². The average Bonchev–Trinajstić information content (AvgIpc) is 2.49. The Kier molecular flexibility index (Phi) is 5.35. The number of aryl methyl sites for hydroxylation is 2. The minimum Gasteiger partial charge on any atom is -0.326 e. The molecule has 0 spiro atoms. The standard InChI is InChI=1S/C17H23N3O/c1-13-6-7-16(11-14(13)2)19-17(21)15-5-3-9-20(12-15)10-4-8-18/h6-7,11,15H,3-5,9-10,12H2,1-2H3,(H,19,21). The molecule has 0 saturated carbocycles. The van der Waals surface area contributed by atoms with Crippen LogP contribution in [0.25, 0.3) is 0 Å². The molecule has 1 heterocycles. The molecule has 2 rings (SSSR count). The van der Waals surface area contributed by atoms with Crippen LogP contribution in [0.1, 0.15) is 30.4 Å². The molecule has 0 aromatic heterocycles. The normalized spacial score (nSPS) is 19.0. The van der Waals surface area contributed by atoms with E-state index in [1.54, 1.807) is 0 Å². The highest BCUT2D eigenvalue weighted by Gasteiger charge is 2.25. The topological polar surface area (TPSA) is 56.1 Å². The molecule has 112 valence electrons. The lowest BCUT2D eigenvalue weighted by atomic mass is 9.96. The van der Waals surface area contributed by atoms with Crippen molar-refractivity contribution in [1.82, 2.24) is 4.90 Å². The Bertz CT molecular complexity index is 547. The van der Waals surface area contributed by atoms with Crippen LogP contribution in [0, 0.1) is 31.1 Å². The first-order chi connectivity index (χ1) is 10.1. The average molecular weight is 285 g/mol. The predicted octanol–water partition coefficient (Wildman–Crippen LogP) is 2.87. The number of carbonyl (C=O) groups excluding carboxylic acids is 1. The number of hydrogen-bond donors (Lipinski definition) is 1. The lowest BCUT2D eigenvalue weighted by Crippen LogP contribution is -2.41. The summed E-state index contributed by atoms with van der Waals surface area (Å²) >= 11 is 0. The first kappa shape index (κ1) is 15.5. The zero-order valence-electron chi connectivity index (χ0n) is 12.9.